The number of nitrogens with zero attached hydrogens (tertiary/aromatic N) is 3. The Morgan fingerprint density at radius 3 is 2.29 bits per heavy atom. The van der Waals surface area contributed by atoms with Gasteiger partial charge in [-0.3, -0.25) is 4.79 Å². The monoisotopic (exact) mass is 570 g/mol. The summed E-state index contributed by atoms with van der Waals surface area (Å²) in [4.78, 5) is 17.6. The standard InChI is InChI=1S/C26H26N4O5S3/c1-3-16-30-23-15-14-22(37(27,32)33)17-24(23)36-26(30)28-25(31)20-10-12-21(13-11-20)38(34,35)29(4-2)18-19-8-6-5-7-9-19/h3,5-15,17H,1,4,16,18H2,2H3,(H2,27,32,33). The number of carbonyl (C=O) groups excluding carboxylic acids is 1. The van der Waals surface area contributed by atoms with Crippen LogP contribution in [0.5, 0.6) is 0 Å². The molecule has 0 fully saturated rings. The summed E-state index contributed by atoms with van der Waals surface area (Å²) in [5.74, 6) is -0.568. The molecule has 0 aliphatic heterocycles. The van der Waals surface area contributed by atoms with Crippen LogP contribution in [0.1, 0.15) is 22.8 Å². The van der Waals surface area contributed by atoms with E-state index >= 15 is 0 Å². The Morgan fingerprint density at radius 2 is 1.68 bits per heavy atom. The lowest BCUT2D eigenvalue weighted by molar-refractivity contribution is 0.0997. The summed E-state index contributed by atoms with van der Waals surface area (Å²) in [6, 6.07) is 19.4. The Balaban J connectivity index is 1.65. The summed E-state index contributed by atoms with van der Waals surface area (Å²) in [6.45, 7) is 6.37. The predicted octanol–water partition coefficient (Wildman–Crippen LogP) is 3.49. The molecule has 0 saturated heterocycles. The molecule has 3 aromatic carbocycles. The fourth-order valence-corrected chi connectivity index (χ4v) is 6.97. The molecule has 4 aromatic rings. The molecule has 0 saturated carbocycles. The average molecular weight is 571 g/mol. The lowest BCUT2D eigenvalue weighted by atomic mass is 10.2. The van der Waals surface area contributed by atoms with Crippen LogP contribution in [0.2, 0.25) is 0 Å². The normalized spacial score (nSPS) is 12.8. The molecular weight excluding hydrogens is 545 g/mol. The SMILES string of the molecule is C=CCn1c(=NC(=O)c2ccc(S(=O)(=O)N(CC)Cc3ccccc3)cc2)sc2cc(S(N)(=O)=O)ccc21. The number of nitrogens with two attached hydrogens (primary N) is 1. The number of allylic oxidation sites excluding steroid dienone is 1. The maximum Gasteiger partial charge on any atom is 0.279 e. The van der Waals surface area contributed by atoms with Crippen LogP contribution in [-0.2, 0) is 33.1 Å². The molecule has 4 rings (SSSR count). The Morgan fingerprint density at radius 1 is 1.03 bits per heavy atom. The Hall–Kier alpha value is -3.42. The second-order valence-corrected chi connectivity index (χ2v) is 12.8. The largest absolute Gasteiger partial charge is 0.312 e. The van der Waals surface area contributed by atoms with Crippen molar-refractivity contribution in [3.8, 4) is 0 Å². The molecule has 0 bridgehead atoms. The van der Waals surface area contributed by atoms with Gasteiger partial charge in [-0.1, -0.05) is 54.7 Å². The molecule has 0 aliphatic rings. The highest BCUT2D eigenvalue weighted by atomic mass is 32.2. The average Bonchev–Trinajstić information content (AvgIpc) is 3.23. The number of primary sulfonamides is 1. The van der Waals surface area contributed by atoms with Crippen molar-refractivity contribution >= 4 is 47.5 Å². The highest BCUT2D eigenvalue weighted by molar-refractivity contribution is 7.89. The third-order valence-electron chi connectivity index (χ3n) is 5.79. The van der Waals surface area contributed by atoms with Crippen LogP contribution in [0.4, 0.5) is 0 Å². The lowest BCUT2D eigenvalue weighted by Crippen LogP contribution is -2.30. The first-order valence-corrected chi connectivity index (χ1v) is 15.3. The van der Waals surface area contributed by atoms with Gasteiger partial charge in [0.1, 0.15) is 0 Å². The van der Waals surface area contributed by atoms with Gasteiger partial charge < -0.3 is 4.57 Å². The van der Waals surface area contributed by atoms with Crippen molar-refractivity contribution in [3.63, 3.8) is 0 Å². The molecule has 1 amide bonds. The van der Waals surface area contributed by atoms with Crippen LogP contribution in [0.25, 0.3) is 10.2 Å². The Labute approximate surface area is 225 Å². The van der Waals surface area contributed by atoms with Crippen molar-refractivity contribution in [2.45, 2.75) is 29.8 Å². The van der Waals surface area contributed by atoms with Crippen molar-refractivity contribution in [3.05, 3.63) is 101 Å². The number of thiazole rings is 1. The maximum absolute atomic E-state index is 13.2. The number of rotatable bonds is 9. The summed E-state index contributed by atoms with van der Waals surface area (Å²) in [7, 11) is -7.67. The van der Waals surface area contributed by atoms with Gasteiger partial charge in [-0.15, -0.1) is 6.58 Å². The highest BCUT2D eigenvalue weighted by Gasteiger charge is 2.23. The lowest BCUT2D eigenvalue weighted by Gasteiger charge is -2.20. The summed E-state index contributed by atoms with van der Waals surface area (Å²) >= 11 is 1.14. The van der Waals surface area contributed by atoms with E-state index in [0.29, 0.717) is 21.6 Å². The molecule has 0 aliphatic carbocycles. The van der Waals surface area contributed by atoms with Crippen molar-refractivity contribution in [1.82, 2.24) is 8.87 Å². The maximum atomic E-state index is 13.2. The molecule has 0 atom stereocenters. The Bertz CT molecular complexity index is 1770. The third-order valence-corrected chi connectivity index (χ3v) is 9.67. The summed E-state index contributed by atoms with van der Waals surface area (Å²) < 4.78 is 53.6. The molecule has 0 unspecified atom stereocenters. The second-order valence-electron chi connectivity index (χ2n) is 8.32. The van der Waals surface area contributed by atoms with E-state index in [1.54, 1.807) is 23.6 Å². The molecule has 2 N–H and O–H groups in total. The number of hydrogen-bond acceptors (Lipinski definition) is 6. The van der Waals surface area contributed by atoms with Crippen LogP contribution in [-0.4, -0.2) is 38.2 Å². The van der Waals surface area contributed by atoms with Gasteiger partial charge in [0.05, 0.1) is 20.0 Å². The van der Waals surface area contributed by atoms with Gasteiger partial charge in [-0.05, 0) is 48.0 Å². The number of fused-ring (bicyclic) bond motifs is 1. The van der Waals surface area contributed by atoms with E-state index in [1.165, 1.54) is 40.7 Å². The zero-order chi connectivity index (χ0) is 27.5. The fourth-order valence-electron chi connectivity index (χ4n) is 3.85. The first kappa shape index (κ1) is 27.6. The van der Waals surface area contributed by atoms with E-state index < -0.39 is 26.0 Å². The number of hydrogen-bond donors (Lipinski definition) is 1. The van der Waals surface area contributed by atoms with Crippen molar-refractivity contribution in [1.29, 1.82) is 0 Å². The van der Waals surface area contributed by atoms with Gasteiger partial charge in [0.25, 0.3) is 5.91 Å². The van der Waals surface area contributed by atoms with Crippen molar-refractivity contribution in [2.75, 3.05) is 6.54 Å². The summed E-state index contributed by atoms with van der Waals surface area (Å²) in [5.41, 5.74) is 1.76. The van der Waals surface area contributed by atoms with E-state index in [9.17, 15) is 21.6 Å². The molecule has 38 heavy (non-hydrogen) atoms. The van der Waals surface area contributed by atoms with Gasteiger partial charge in [-0.25, -0.2) is 22.0 Å². The number of aromatic nitrogens is 1. The van der Waals surface area contributed by atoms with Crippen LogP contribution < -0.4 is 9.94 Å². The molecule has 198 valence electrons. The van der Waals surface area contributed by atoms with Crippen LogP contribution in [0, 0.1) is 0 Å². The molecule has 0 spiro atoms. The minimum absolute atomic E-state index is 0.0416. The number of benzene rings is 3. The first-order chi connectivity index (χ1) is 18.0. The first-order valence-electron chi connectivity index (χ1n) is 11.5. The second kappa shape index (κ2) is 11.1. The number of carbonyl (C=O) groups is 1. The topological polar surface area (TPSA) is 132 Å². The van der Waals surface area contributed by atoms with Crippen LogP contribution in [0.15, 0.2) is 100 Å². The minimum atomic E-state index is -3.89. The van der Waals surface area contributed by atoms with Gasteiger partial charge in [0.15, 0.2) is 4.80 Å². The Kier molecular flexibility index (Phi) is 8.09. The smallest absolute Gasteiger partial charge is 0.279 e. The van der Waals surface area contributed by atoms with E-state index in [-0.39, 0.29) is 28.4 Å². The zero-order valence-electron chi connectivity index (χ0n) is 20.5. The fraction of sp³-hybridized carbons (Fsp3) is 0.154. The van der Waals surface area contributed by atoms with Gasteiger partial charge in [0.2, 0.25) is 20.0 Å². The van der Waals surface area contributed by atoms with E-state index in [4.69, 9.17) is 5.14 Å². The summed E-state index contributed by atoms with van der Waals surface area (Å²) in [5, 5.41) is 5.25. The van der Waals surface area contributed by atoms with Crippen molar-refractivity contribution < 1.29 is 21.6 Å². The van der Waals surface area contributed by atoms with Crippen LogP contribution in [0.3, 0.4) is 0 Å². The molecule has 1 heterocycles. The molecule has 12 heteroatoms. The van der Waals surface area contributed by atoms with E-state index in [1.807, 2.05) is 30.3 Å². The summed E-state index contributed by atoms with van der Waals surface area (Å²) in [6.07, 6.45) is 1.64. The third kappa shape index (κ3) is 5.84. The minimum Gasteiger partial charge on any atom is -0.312 e. The molecule has 9 nitrogen and oxygen atoms in total. The highest BCUT2D eigenvalue weighted by Crippen LogP contribution is 2.22. The zero-order valence-corrected chi connectivity index (χ0v) is 23.0. The molecule has 1 aromatic heterocycles. The number of amides is 1. The van der Waals surface area contributed by atoms with E-state index in [2.05, 4.69) is 11.6 Å². The number of sulfonamides is 2. The molecule has 0 radical (unpaired) electrons. The predicted molar refractivity (Wildman–Crippen MR) is 147 cm³/mol. The quantitative estimate of drug-likeness (QED) is 0.308. The van der Waals surface area contributed by atoms with E-state index in [0.717, 1.165) is 16.9 Å². The van der Waals surface area contributed by atoms with Gasteiger partial charge >= 0.3 is 0 Å². The van der Waals surface area contributed by atoms with Crippen molar-refractivity contribution in [2.24, 2.45) is 10.1 Å². The van der Waals surface area contributed by atoms with Crippen LogP contribution >= 0.6 is 11.3 Å². The molecular formula is C26H26N4O5S3. The van der Waals surface area contributed by atoms with Gasteiger partial charge in [0, 0.05) is 25.2 Å². The van der Waals surface area contributed by atoms with Gasteiger partial charge in [-0.2, -0.15) is 9.30 Å².